The number of nitrogen functional groups attached to an aromatic ring is 1. The fourth-order valence-electron chi connectivity index (χ4n) is 2.22. The van der Waals surface area contributed by atoms with E-state index in [1.165, 1.54) is 19.3 Å². The fourth-order valence-corrected chi connectivity index (χ4v) is 2.22. The molecule has 4 nitrogen and oxygen atoms in total. The Hall–Kier alpha value is -1.84. The highest BCUT2D eigenvalue weighted by molar-refractivity contribution is 5.59. The van der Waals surface area contributed by atoms with E-state index in [4.69, 9.17) is 5.73 Å². The maximum absolute atomic E-state index is 5.60. The van der Waals surface area contributed by atoms with E-state index in [2.05, 4.69) is 14.5 Å². The molecule has 1 aliphatic carbocycles. The van der Waals surface area contributed by atoms with Crippen LogP contribution in [0.3, 0.4) is 0 Å². The lowest BCUT2D eigenvalue weighted by molar-refractivity contribution is 0.277. The molecule has 0 bridgehead atoms. The van der Waals surface area contributed by atoms with Crippen LogP contribution in [0.15, 0.2) is 30.9 Å². The average molecular weight is 228 g/mol. The Morgan fingerprint density at radius 1 is 1.29 bits per heavy atom. The van der Waals surface area contributed by atoms with E-state index in [0.717, 1.165) is 23.7 Å². The molecule has 2 aromatic rings. The lowest BCUT2D eigenvalue weighted by Gasteiger charge is -2.26. The first-order chi connectivity index (χ1) is 8.33. The van der Waals surface area contributed by atoms with Gasteiger partial charge < -0.3 is 10.3 Å². The van der Waals surface area contributed by atoms with E-state index in [9.17, 15) is 0 Å². The molecule has 0 saturated heterocycles. The first-order valence-electron chi connectivity index (χ1n) is 6.05. The van der Waals surface area contributed by atoms with Crippen LogP contribution in [0.25, 0.3) is 11.3 Å². The number of hydrogen-bond acceptors (Lipinski definition) is 3. The second-order valence-electron chi connectivity index (χ2n) is 4.70. The monoisotopic (exact) mass is 228 g/mol. The van der Waals surface area contributed by atoms with Gasteiger partial charge in [-0.05, 0) is 30.9 Å². The van der Waals surface area contributed by atoms with Crippen LogP contribution >= 0.6 is 0 Å². The minimum absolute atomic E-state index is 0.554. The van der Waals surface area contributed by atoms with Crippen molar-refractivity contribution in [1.29, 1.82) is 0 Å². The highest BCUT2D eigenvalue weighted by Crippen LogP contribution is 2.29. The molecule has 17 heavy (non-hydrogen) atoms. The van der Waals surface area contributed by atoms with Gasteiger partial charge in [-0.3, -0.25) is 0 Å². The topological polar surface area (TPSA) is 56.7 Å². The minimum atomic E-state index is 0.554. The van der Waals surface area contributed by atoms with Crippen LogP contribution in [0.4, 0.5) is 5.82 Å². The number of hydrogen-bond donors (Lipinski definition) is 1. The van der Waals surface area contributed by atoms with Crippen LogP contribution in [0, 0.1) is 5.92 Å². The maximum atomic E-state index is 5.60. The zero-order valence-electron chi connectivity index (χ0n) is 9.71. The second-order valence-corrected chi connectivity index (χ2v) is 4.70. The largest absolute Gasteiger partial charge is 0.384 e. The van der Waals surface area contributed by atoms with Crippen molar-refractivity contribution in [1.82, 2.24) is 14.5 Å². The van der Waals surface area contributed by atoms with E-state index < -0.39 is 0 Å². The highest BCUT2D eigenvalue weighted by atomic mass is 15.0. The zero-order valence-corrected chi connectivity index (χ0v) is 9.71. The Morgan fingerprint density at radius 2 is 2.18 bits per heavy atom. The first-order valence-corrected chi connectivity index (χ1v) is 6.05. The summed E-state index contributed by atoms with van der Waals surface area (Å²) >= 11 is 0. The van der Waals surface area contributed by atoms with Gasteiger partial charge in [0, 0.05) is 18.3 Å². The second kappa shape index (κ2) is 4.20. The minimum Gasteiger partial charge on any atom is -0.384 e. The van der Waals surface area contributed by atoms with Gasteiger partial charge in [0.15, 0.2) is 0 Å². The molecule has 0 amide bonds. The third-order valence-corrected chi connectivity index (χ3v) is 3.47. The molecule has 0 aromatic carbocycles. The molecule has 1 aliphatic rings. The Bertz CT molecular complexity index is 496. The molecule has 0 spiro atoms. The van der Waals surface area contributed by atoms with Gasteiger partial charge in [0.1, 0.15) is 5.82 Å². The van der Waals surface area contributed by atoms with Gasteiger partial charge in [-0.2, -0.15) is 0 Å². The number of rotatable bonds is 3. The number of pyridine rings is 1. The van der Waals surface area contributed by atoms with Crippen LogP contribution in [0.5, 0.6) is 0 Å². The average Bonchev–Trinajstić information content (AvgIpc) is 2.73. The van der Waals surface area contributed by atoms with Crippen molar-refractivity contribution in [2.75, 3.05) is 5.73 Å². The van der Waals surface area contributed by atoms with Gasteiger partial charge in [0.25, 0.3) is 0 Å². The number of aromatic nitrogens is 3. The highest BCUT2D eigenvalue weighted by Gasteiger charge is 2.19. The molecule has 4 heteroatoms. The summed E-state index contributed by atoms with van der Waals surface area (Å²) in [5.74, 6) is 1.38. The van der Waals surface area contributed by atoms with E-state index in [1.54, 1.807) is 0 Å². The van der Waals surface area contributed by atoms with Crippen molar-refractivity contribution in [3.8, 4) is 11.3 Å². The molecular formula is C13H16N4. The van der Waals surface area contributed by atoms with Gasteiger partial charge in [-0.1, -0.05) is 6.42 Å². The molecule has 1 fully saturated rings. The van der Waals surface area contributed by atoms with E-state index in [-0.39, 0.29) is 0 Å². The van der Waals surface area contributed by atoms with Crippen molar-refractivity contribution in [2.24, 2.45) is 5.92 Å². The third kappa shape index (κ3) is 2.02. The van der Waals surface area contributed by atoms with Gasteiger partial charge >= 0.3 is 0 Å². The summed E-state index contributed by atoms with van der Waals surface area (Å²) < 4.78 is 2.22. The predicted molar refractivity (Wildman–Crippen MR) is 67.2 cm³/mol. The van der Waals surface area contributed by atoms with Crippen molar-refractivity contribution in [2.45, 2.75) is 25.8 Å². The standard InChI is InChI=1S/C13H16N4/c14-13-5-4-11(6-16-13)12-7-15-9-17(12)8-10-2-1-3-10/h4-7,9-10H,1-3,8H2,(H2,14,16). The summed E-state index contributed by atoms with van der Waals surface area (Å²) in [4.78, 5) is 8.36. The van der Waals surface area contributed by atoms with Crippen LogP contribution < -0.4 is 5.73 Å². The first kappa shape index (κ1) is 10.3. The summed E-state index contributed by atoms with van der Waals surface area (Å²) in [6.07, 6.45) is 9.67. The van der Waals surface area contributed by atoms with Crippen LogP contribution in [-0.4, -0.2) is 14.5 Å². The smallest absolute Gasteiger partial charge is 0.123 e. The van der Waals surface area contributed by atoms with E-state index in [1.807, 2.05) is 30.9 Å². The summed E-state index contributed by atoms with van der Waals surface area (Å²) in [5, 5.41) is 0. The van der Waals surface area contributed by atoms with Crippen molar-refractivity contribution in [3.63, 3.8) is 0 Å². The number of anilines is 1. The normalized spacial score (nSPS) is 15.8. The Labute approximate surface area is 101 Å². The van der Waals surface area contributed by atoms with Gasteiger partial charge in [-0.25, -0.2) is 9.97 Å². The predicted octanol–water partition coefficient (Wildman–Crippen LogP) is 2.33. The van der Waals surface area contributed by atoms with Gasteiger partial charge in [0.2, 0.25) is 0 Å². The van der Waals surface area contributed by atoms with Crippen LogP contribution in [0.2, 0.25) is 0 Å². The van der Waals surface area contributed by atoms with Crippen molar-refractivity contribution in [3.05, 3.63) is 30.9 Å². The molecule has 88 valence electrons. The molecule has 2 heterocycles. The number of nitrogens with zero attached hydrogens (tertiary/aromatic N) is 3. The van der Waals surface area contributed by atoms with Gasteiger partial charge in [-0.15, -0.1) is 0 Å². The summed E-state index contributed by atoms with van der Waals surface area (Å²) in [6, 6.07) is 3.83. The quantitative estimate of drug-likeness (QED) is 0.877. The SMILES string of the molecule is Nc1ccc(-c2cncn2CC2CCC2)cn1. The number of imidazole rings is 1. The summed E-state index contributed by atoms with van der Waals surface area (Å²) in [6.45, 7) is 1.07. The molecule has 0 radical (unpaired) electrons. The van der Waals surface area contributed by atoms with Crippen LogP contribution in [0.1, 0.15) is 19.3 Å². The van der Waals surface area contributed by atoms with Crippen molar-refractivity contribution >= 4 is 5.82 Å². The maximum Gasteiger partial charge on any atom is 0.123 e. The molecular weight excluding hydrogens is 212 g/mol. The molecule has 0 aliphatic heterocycles. The molecule has 1 saturated carbocycles. The Kier molecular flexibility index (Phi) is 2.55. The lowest BCUT2D eigenvalue weighted by atomic mass is 9.85. The lowest BCUT2D eigenvalue weighted by Crippen LogP contribution is -2.18. The Morgan fingerprint density at radius 3 is 2.82 bits per heavy atom. The molecule has 0 atom stereocenters. The van der Waals surface area contributed by atoms with Crippen molar-refractivity contribution < 1.29 is 0 Å². The molecule has 3 rings (SSSR count). The summed E-state index contributed by atoms with van der Waals surface area (Å²) in [7, 11) is 0. The molecule has 0 unspecified atom stereocenters. The number of nitrogens with two attached hydrogens (primary N) is 1. The summed E-state index contributed by atoms with van der Waals surface area (Å²) in [5.41, 5.74) is 7.80. The molecule has 2 N–H and O–H groups in total. The van der Waals surface area contributed by atoms with E-state index in [0.29, 0.717) is 5.82 Å². The third-order valence-electron chi connectivity index (χ3n) is 3.47. The van der Waals surface area contributed by atoms with E-state index >= 15 is 0 Å². The molecule has 2 aromatic heterocycles. The Balaban J connectivity index is 1.86. The van der Waals surface area contributed by atoms with Gasteiger partial charge in [0.05, 0.1) is 18.2 Å². The fraction of sp³-hybridized carbons (Fsp3) is 0.385. The van der Waals surface area contributed by atoms with Crippen LogP contribution in [-0.2, 0) is 6.54 Å². The zero-order chi connectivity index (χ0) is 11.7.